The number of carboxylic acid groups (broad SMARTS) is 1. The van der Waals surface area contributed by atoms with Gasteiger partial charge < -0.3 is 10.4 Å². The molecule has 0 aliphatic rings. The molecule has 0 bridgehead atoms. The molecule has 1 unspecified atom stereocenters. The normalized spacial score (nSPS) is 12.9. The van der Waals surface area contributed by atoms with Gasteiger partial charge in [0.05, 0.1) is 0 Å². The van der Waals surface area contributed by atoms with Crippen molar-refractivity contribution in [3.8, 4) is 0 Å². The first kappa shape index (κ1) is 11.4. The van der Waals surface area contributed by atoms with Crippen molar-refractivity contribution in [3.63, 3.8) is 0 Å². The zero-order valence-electron chi connectivity index (χ0n) is 8.55. The highest BCUT2D eigenvalue weighted by Crippen LogP contribution is 2.08. The van der Waals surface area contributed by atoms with Crippen molar-refractivity contribution in [2.24, 2.45) is 0 Å². The van der Waals surface area contributed by atoms with Crippen molar-refractivity contribution in [2.75, 3.05) is 6.54 Å². The fourth-order valence-corrected chi connectivity index (χ4v) is 1.15. The molecular formula is C11H14N2O2. The number of carboxylic acids is 1. The summed E-state index contributed by atoms with van der Waals surface area (Å²) in [4.78, 5) is 14.2. The van der Waals surface area contributed by atoms with Crippen molar-refractivity contribution in [2.45, 2.75) is 13.0 Å². The summed E-state index contributed by atoms with van der Waals surface area (Å²) in [6, 6.07) is 4.02. The van der Waals surface area contributed by atoms with E-state index in [0.717, 1.165) is 11.6 Å². The van der Waals surface area contributed by atoms with Crippen LogP contribution in [0.15, 0.2) is 36.7 Å². The molecule has 0 saturated heterocycles. The Hall–Kier alpha value is -1.68. The summed E-state index contributed by atoms with van der Waals surface area (Å²) in [7, 11) is 0. The van der Waals surface area contributed by atoms with Crippen LogP contribution in [0.2, 0.25) is 0 Å². The van der Waals surface area contributed by atoms with Gasteiger partial charge in [-0.15, -0.1) is 0 Å². The zero-order valence-corrected chi connectivity index (χ0v) is 8.55. The number of nitrogens with one attached hydrogen (secondary N) is 1. The lowest BCUT2D eigenvalue weighted by Gasteiger charge is -2.11. The van der Waals surface area contributed by atoms with Crippen LogP contribution in [-0.2, 0) is 4.79 Å². The molecule has 0 fully saturated rings. The van der Waals surface area contributed by atoms with Crippen molar-refractivity contribution in [3.05, 3.63) is 42.2 Å². The minimum atomic E-state index is -0.925. The lowest BCUT2D eigenvalue weighted by Crippen LogP contribution is -2.18. The lowest BCUT2D eigenvalue weighted by molar-refractivity contribution is -0.131. The van der Waals surface area contributed by atoms with Crippen molar-refractivity contribution >= 4 is 5.97 Å². The second-order valence-corrected chi connectivity index (χ2v) is 3.16. The molecule has 1 atom stereocenters. The molecule has 4 heteroatoms. The average molecular weight is 206 g/mol. The molecule has 4 nitrogen and oxygen atoms in total. The maximum absolute atomic E-state index is 10.2. The Kier molecular flexibility index (Phi) is 4.50. The van der Waals surface area contributed by atoms with Gasteiger partial charge in [0.1, 0.15) is 0 Å². The Morgan fingerprint density at radius 1 is 1.73 bits per heavy atom. The van der Waals surface area contributed by atoms with Gasteiger partial charge in [0.15, 0.2) is 0 Å². The van der Waals surface area contributed by atoms with Gasteiger partial charge >= 0.3 is 5.97 Å². The Balaban J connectivity index is 2.37. The van der Waals surface area contributed by atoms with Gasteiger partial charge in [0, 0.05) is 31.1 Å². The SMILES string of the molecule is CC(NC/C=C/C(=O)O)c1cccnc1. The highest BCUT2D eigenvalue weighted by atomic mass is 16.4. The van der Waals surface area contributed by atoms with Crippen LogP contribution in [0.3, 0.4) is 0 Å². The van der Waals surface area contributed by atoms with Crippen LogP contribution < -0.4 is 5.32 Å². The van der Waals surface area contributed by atoms with Crippen LogP contribution in [-0.4, -0.2) is 22.6 Å². The molecule has 0 aliphatic carbocycles. The highest BCUT2D eigenvalue weighted by molar-refractivity contribution is 5.79. The molecule has 0 aliphatic heterocycles. The van der Waals surface area contributed by atoms with Crippen LogP contribution in [0, 0.1) is 0 Å². The molecule has 15 heavy (non-hydrogen) atoms. The first-order valence-electron chi connectivity index (χ1n) is 4.73. The summed E-state index contributed by atoms with van der Waals surface area (Å²) in [5, 5.41) is 11.5. The summed E-state index contributed by atoms with van der Waals surface area (Å²) in [5.41, 5.74) is 1.08. The molecule has 2 N–H and O–H groups in total. The molecule has 80 valence electrons. The van der Waals surface area contributed by atoms with Gasteiger partial charge in [-0.1, -0.05) is 12.1 Å². The number of nitrogens with zero attached hydrogens (tertiary/aromatic N) is 1. The fraction of sp³-hybridized carbons (Fsp3) is 0.273. The monoisotopic (exact) mass is 206 g/mol. The maximum atomic E-state index is 10.2. The van der Waals surface area contributed by atoms with Crippen LogP contribution in [0.1, 0.15) is 18.5 Å². The quantitative estimate of drug-likeness (QED) is 0.714. The number of rotatable bonds is 5. The molecule has 1 heterocycles. The molecule has 0 saturated carbocycles. The van der Waals surface area contributed by atoms with Crippen LogP contribution in [0.4, 0.5) is 0 Å². The molecule has 0 radical (unpaired) electrons. The third kappa shape index (κ3) is 4.37. The van der Waals surface area contributed by atoms with E-state index in [4.69, 9.17) is 5.11 Å². The minimum absolute atomic E-state index is 0.164. The molecule has 1 rings (SSSR count). The fourth-order valence-electron chi connectivity index (χ4n) is 1.15. The maximum Gasteiger partial charge on any atom is 0.328 e. The predicted octanol–water partition coefficient (Wildman–Crippen LogP) is 1.37. The summed E-state index contributed by atoms with van der Waals surface area (Å²) in [5.74, 6) is -0.925. The molecule has 0 amide bonds. The molecule has 1 aromatic heterocycles. The number of hydrogen-bond donors (Lipinski definition) is 2. The number of carbonyl (C=O) groups is 1. The van der Waals surface area contributed by atoms with Gasteiger partial charge in [-0.05, 0) is 18.6 Å². The highest BCUT2D eigenvalue weighted by Gasteiger charge is 2.01. The number of hydrogen-bond acceptors (Lipinski definition) is 3. The third-order valence-electron chi connectivity index (χ3n) is 1.99. The van der Waals surface area contributed by atoms with E-state index in [1.54, 1.807) is 18.5 Å². The van der Waals surface area contributed by atoms with E-state index in [0.29, 0.717) is 6.54 Å². The van der Waals surface area contributed by atoms with E-state index < -0.39 is 5.97 Å². The topological polar surface area (TPSA) is 62.2 Å². The second kappa shape index (κ2) is 5.93. The van der Waals surface area contributed by atoms with E-state index in [9.17, 15) is 4.79 Å². The summed E-state index contributed by atoms with van der Waals surface area (Å²) in [6.45, 7) is 2.54. The summed E-state index contributed by atoms with van der Waals surface area (Å²) >= 11 is 0. The van der Waals surface area contributed by atoms with Gasteiger partial charge in [-0.2, -0.15) is 0 Å². The number of pyridine rings is 1. The Morgan fingerprint density at radius 2 is 2.53 bits per heavy atom. The smallest absolute Gasteiger partial charge is 0.328 e. The van der Waals surface area contributed by atoms with Crippen molar-refractivity contribution < 1.29 is 9.90 Å². The number of aromatic nitrogens is 1. The number of aliphatic carboxylic acids is 1. The van der Waals surface area contributed by atoms with E-state index in [-0.39, 0.29) is 6.04 Å². The van der Waals surface area contributed by atoms with Crippen LogP contribution in [0.25, 0.3) is 0 Å². The van der Waals surface area contributed by atoms with E-state index in [1.807, 2.05) is 19.1 Å². The predicted molar refractivity (Wildman–Crippen MR) is 57.4 cm³/mol. The Labute approximate surface area is 88.7 Å². The van der Waals surface area contributed by atoms with E-state index >= 15 is 0 Å². The van der Waals surface area contributed by atoms with Gasteiger partial charge in [0.2, 0.25) is 0 Å². The summed E-state index contributed by atoms with van der Waals surface area (Å²) < 4.78 is 0. The van der Waals surface area contributed by atoms with Gasteiger partial charge in [-0.3, -0.25) is 4.98 Å². The largest absolute Gasteiger partial charge is 0.478 e. The standard InChI is InChI=1S/C11H14N2O2/c1-9(10-4-2-6-12-8-10)13-7-3-5-11(14)15/h2-6,8-9,13H,7H2,1H3,(H,14,15)/b5-3+. The second-order valence-electron chi connectivity index (χ2n) is 3.16. The summed E-state index contributed by atoms with van der Waals surface area (Å²) in [6.07, 6.45) is 6.22. The van der Waals surface area contributed by atoms with E-state index in [1.165, 1.54) is 0 Å². The molecule has 1 aromatic rings. The minimum Gasteiger partial charge on any atom is -0.478 e. The average Bonchev–Trinajstić information content (AvgIpc) is 2.25. The Bertz CT molecular complexity index is 336. The first-order chi connectivity index (χ1) is 7.20. The Morgan fingerprint density at radius 3 is 3.13 bits per heavy atom. The molecule has 0 spiro atoms. The van der Waals surface area contributed by atoms with Crippen molar-refractivity contribution in [1.29, 1.82) is 0 Å². The zero-order chi connectivity index (χ0) is 11.1. The van der Waals surface area contributed by atoms with Gasteiger partial charge in [0.25, 0.3) is 0 Å². The molecule has 0 aromatic carbocycles. The molecular weight excluding hydrogens is 192 g/mol. The van der Waals surface area contributed by atoms with Gasteiger partial charge in [-0.25, -0.2) is 4.79 Å². The van der Waals surface area contributed by atoms with Crippen LogP contribution in [0.5, 0.6) is 0 Å². The van der Waals surface area contributed by atoms with E-state index in [2.05, 4.69) is 10.3 Å². The lowest BCUT2D eigenvalue weighted by atomic mass is 10.1. The third-order valence-corrected chi connectivity index (χ3v) is 1.99. The first-order valence-corrected chi connectivity index (χ1v) is 4.73. The van der Waals surface area contributed by atoms with Crippen molar-refractivity contribution in [1.82, 2.24) is 10.3 Å². The van der Waals surface area contributed by atoms with Crippen LogP contribution >= 0.6 is 0 Å².